The van der Waals surface area contributed by atoms with Crippen LogP contribution in [0.4, 0.5) is 0 Å². The molecule has 0 fully saturated rings. The molecule has 0 radical (unpaired) electrons. The highest BCUT2D eigenvalue weighted by Gasteiger charge is 2.11. The van der Waals surface area contributed by atoms with Gasteiger partial charge in [0.1, 0.15) is 0 Å². The van der Waals surface area contributed by atoms with Gasteiger partial charge in [0.2, 0.25) is 0 Å². The molecule has 0 aliphatic rings. The first kappa shape index (κ1) is 10.8. The molecule has 0 spiro atoms. The summed E-state index contributed by atoms with van der Waals surface area (Å²) in [4.78, 5) is 11.9. The van der Waals surface area contributed by atoms with Crippen molar-refractivity contribution in [2.24, 2.45) is 0 Å². The zero-order valence-electron chi connectivity index (χ0n) is 7.41. The minimum Gasteiger partial charge on any atom is -0.289 e. The van der Waals surface area contributed by atoms with E-state index in [2.05, 4.69) is 20.3 Å². The molecule has 2 aromatic rings. The summed E-state index contributed by atoms with van der Waals surface area (Å²) in [6.07, 6.45) is 1.56. The van der Waals surface area contributed by atoms with E-state index in [0.717, 1.165) is 4.47 Å². The van der Waals surface area contributed by atoms with Crippen LogP contribution >= 0.6 is 39.1 Å². The molecule has 0 unspecified atom stereocenters. The Morgan fingerprint density at radius 3 is 2.73 bits per heavy atom. The maximum atomic E-state index is 11.9. The summed E-state index contributed by atoms with van der Waals surface area (Å²) in [5.74, 6) is -0.0630. The van der Waals surface area contributed by atoms with Crippen molar-refractivity contribution in [2.75, 3.05) is 0 Å². The standard InChI is InChI=1S/C10H5BrClNOS/c11-8-1-6(2-9(12)3-8)10(14)7-4-13-15-5-7/h1-5H. The predicted octanol–water partition coefficient (Wildman–Crippen LogP) is 3.79. The Morgan fingerprint density at radius 2 is 2.13 bits per heavy atom. The van der Waals surface area contributed by atoms with Crippen molar-refractivity contribution < 1.29 is 4.79 Å². The molecule has 1 aromatic carbocycles. The van der Waals surface area contributed by atoms with Crippen molar-refractivity contribution in [1.82, 2.24) is 4.37 Å². The Balaban J connectivity index is 2.42. The van der Waals surface area contributed by atoms with E-state index in [1.807, 2.05) is 0 Å². The number of rotatable bonds is 2. The van der Waals surface area contributed by atoms with Crippen molar-refractivity contribution >= 4 is 44.8 Å². The van der Waals surface area contributed by atoms with Crippen LogP contribution in [-0.2, 0) is 0 Å². The Morgan fingerprint density at radius 1 is 1.33 bits per heavy atom. The van der Waals surface area contributed by atoms with Gasteiger partial charge in [0.15, 0.2) is 5.78 Å². The monoisotopic (exact) mass is 301 g/mol. The molecule has 0 saturated carbocycles. The first-order valence-corrected chi connectivity index (χ1v) is 6.08. The zero-order chi connectivity index (χ0) is 10.8. The number of aromatic nitrogens is 1. The van der Waals surface area contributed by atoms with Crippen molar-refractivity contribution in [3.8, 4) is 0 Å². The second kappa shape index (κ2) is 4.43. The molecular formula is C10H5BrClNOS. The molecule has 0 aliphatic heterocycles. The van der Waals surface area contributed by atoms with Crippen molar-refractivity contribution in [3.05, 3.63) is 50.4 Å². The van der Waals surface area contributed by atoms with E-state index in [-0.39, 0.29) is 5.78 Å². The van der Waals surface area contributed by atoms with Gasteiger partial charge in [-0.2, -0.15) is 0 Å². The van der Waals surface area contributed by atoms with Gasteiger partial charge in [0.25, 0.3) is 0 Å². The van der Waals surface area contributed by atoms with Gasteiger partial charge in [-0.15, -0.1) is 0 Å². The Hall–Kier alpha value is -0.710. The van der Waals surface area contributed by atoms with Crippen molar-refractivity contribution in [1.29, 1.82) is 0 Å². The van der Waals surface area contributed by atoms with Gasteiger partial charge >= 0.3 is 0 Å². The van der Waals surface area contributed by atoms with E-state index < -0.39 is 0 Å². The largest absolute Gasteiger partial charge is 0.289 e. The van der Waals surface area contributed by atoms with Crippen LogP contribution in [0.1, 0.15) is 15.9 Å². The average molecular weight is 303 g/mol. The zero-order valence-corrected chi connectivity index (χ0v) is 10.6. The number of hydrogen-bond acceptors (Lipinski definition) is 3. The fourth-order valence-corrected chi connectivity index (χ4v) is 2.55. The quantitative estimate of drug-likeness (QED) is 0.790. The first-order chi connectivity index (χ1) is 7.16. The van der Waals surface area contributed by atoms with Gasteiger partial charge in [0, 0.05) is 20.4 Å². The molecule has 0 aliphatic carbocycles. The summed E-state index contributed by atoms with van der Waals surface area (Å²) in [6, 6.07) is 5.13. The minimum absolute atomic E-state index is 0.0630. The van der Waals surface area contributed by atoms with Crippen LogP contribution in [0.3, 0.4) is 0 Å². The lowest BCUT2D eigenvalue weighted by molar-refractivity contribution is 0.103. The third-order valence-corrected chi connectivity index (χ3v) is 3.08. The van der Waals surface area contributed by atoms with E-state index in [4.69, 9.17) is 11.6 Å². The first-order valence-electron chi connectivity index (χ1n) is 4.07. The number of carbonyl (C=O) groups excluding carboxylic acids is 1. The van der Waals surface area contributed by atoms with E-state index >= 15 is 0 Å². The molecule has 0 saturated heterocycles. The molecule has 2 nitrogen and oxygen atoms in total. The van der Waals surface area contributed by atoms with E-state index in [0.29, 0.717) is 16.1 Å². The molecule has 5 heteroatoms. The van der Waals surface area contributed by atoms with Crippen LogP contribution in [-0.4, -0.2) is 10.2 Å². The third-order valence-electron chi connectivity index (χ3n) is 1.82. The van der Waals surface area contributed by atoms with Gasteiger partial charge in [-0.05, 0) is 29.7 Å². The lowest BCUT2D eigenvalue weighted by Crippen LogP contribution is -1.99. The fraction of sp³-hybridized carbons (Fsp3) is 0. The Bertz CT molecular complexity index is 478. The number of nitrogens with zero attached hydrogens (tertiary/aromatic N) is 1. The number of halogens is 2. The maximum absolute atomic E-state index is 11.9. The maximum Gasteiger partial charge on any atom is 0.195 e. The molecule has 1 heterocycles. The highest BCUT2D eigenvalue weighted by molar-refractivity contribution is 9.10. The molecular weight excluding hydrogens is 298 g/mol. The van der Waals surface area contributed by atoms with Crippen LogP contribution in [0.2, 0.25) is 5.02 Å². The smallest absolute Gasteiger partial charge is 0.195 e. The Labute approximate surface area is 104 Å². The summed E-state index contributed by atoms with van der Waals surface area (Å²) in [7, 11) is 0. The van der Waals surface area contributed by atoms with Crippen LogP contribution in [0.25, 0.3) is 0 Å². The van der Waals surface area contributed by atoms with E-state index in [1.165, 1.54) is 11.5 Å². The number of benzene rings is 1. The van der Waals surface area contributed by atoms with Gasteiger partial charge < -0.3 is 0 Å². The van der Waals surface area contributed by atoms with Gasteiger partial charge in [-0.1, -0.05) is 27.5 Å². The molecule has 0 bridgehead atoms. The molecule has 76 valence electrons. The molecule has 15 heavy (non-hydrogen) atoms. The average Bonchev–Trinajstić information content (AvgIpc) is 2.67. The SMILES string of the molecule is O=C(c1cnsc1)c1cc(Cl)cc(Br)c1. The van der Waals surface area contributed by atoms with Crippen LogP contribution in [0.15, 0.2) is 34.2 Å². The van der Waals surface area contributed by atoms with Crippen LogP contribution in [0.5, 0.6) is 0 Å². The summed E-state index contributed by atoms with van der Waals surface area (Å²) >= 11 is 10.4. The normalized spacial score (nSPS) is 10.3. The summed E-state index contributed by atoms with van der Waals surface area (Å²) in [6.45, 7) is 0. The summed E-state index contributed by atoms with van der Waals surface area (Å²) in [5, 5.41) is 2.26. The van der Waals surface area contributed by atoms with Crippen LogP contribution in [0, 0.1) is 0 Å². The highest BCUT2D eigenvalue weighted by Crippen LogP contribution is 2.21. The van der Waals surface area contributed by atoms with Gasteiger partial charge in [-0.3, -0.25) is 4.79 Å². The van der Waals surface area contributed by atoms with Crippen molar-refractivity contribution in [2.45, 2.75) is 0 Å². The minimum atomic E-state index is -0.0630. The number of ketones is 1. The second-order valence-corrected chi connectivity index (χ2v) is 4.91. The highest BCUT2D eigenvalue weighted by atomic mass is 79.9. The lowest BCUT2D eigenvalue weighted by atomic mass is 10.1. The molecule has 0 N–H and O–H groups in total. The Kier molecular flexibility index (Phi) is 3.19. The third kappa shape index (κ3) is 2.45. The van der Waals surface area contributed by atoms with E-state index in [9.17, 15) is 4.79 Å². The molecule has 1 aromatic heterocycles. The predicted molar refractivity (Wildman–Crippen MR) is 64.7 cm³/mol. The number of hydrogen-bond donors (Lipinski definition) is 0. The molecule has 0 amide bonds. The van der Waals surface area contributed by atoms with Gasteiger partial charge in [0.05, 0.1) is 11.8 Å². The van der Waals surface area contributed by atoms with E-state index in [1.54, 1.807) is 29.8 Å². The molecule has 2 rings (SSSR count). The van der Waals surface area contributed by atoms with Crippen LogP contribution < -0.4 is 0 Å². The summed E-state index contributed by atoms with van der Waals surface area (Å²) in [5.41, 5.74) is 1.16. The number of carbonyl (C=O) groups is 1. The second-order valence-electron chi connectivity index (χ2n) is 2.90. The topological polar surface area (TPSA) is 30.0 Å². The lowest BCUT2D eigenvalue weighted by Gasteiger charge is -2.00. The van der Waals surface area contributed by atoms with Crippen molar-refractivity contribution in [3.63, 3.8) is 0 Å². The molecule has 0 atom stereocenters. The fourth-order valence-electron chi connectivity index (χ4n) is 1.17. The van der Waals surface area contributed by atoms with Gasteiger partial charge in [-0.25, -0.2) is 4.37 Å². The summed E-state index contributed by atoms with van der Waals surface area (Å²) < 4.78 is 4.68.